The molecule has 0 aliphatic heterocycles. The SMILES string of the molecule is Cc1ccc(-c2nc3sc4cc(O)c(O)c(C)c4n3c(=O)c2C#N)cc1. The number of hydrogen-bond donors (Lipinski definition) is 2. The third-order valence-electron chi connectivity index (χ3n) is 4.37. The maximum absolute atomic E-state index is 13.0. The Morgan fingerprint density at radius 3 is 2.54 bits per heavy atom. The predicted octanol–water partition coefficient (Wildman–Crippen LogP) is 3.48. The molecule has 0 aliphatic carbocycles. The van der Waals surface area contributed by atoms with Gasteiger partial charge >= 0.3 is 0 Å². The minimum atomic E-state index is -0.493. The van der Waals surface area contributed by atoms with Crippen molar-refractivity contribution in [1.82, 2.24) is 9.38 Å². The highest BCUT2D eigenvalue weighted by molar-refractivity contribution is 7.23. The zero-order valence-corrected chi connectivity index (χ0v) is 14.8. The van der Waals surface area contributed by atoms with E-state index in [1.54, 1.807) is 6.92 Å². The number of thiazole rings is 1. The van der Waals surface area contributed by atoms with Crippen molar-refractivity contribution in [2.24, 2.45) is 0 Å². The minimum absolute atomic E-state index is 0.0574. The molecular weight excluding hydrogens is 350 g/mol. The summed E-state index contributed by atoms with van der Waals surface area (Å²) in [5.74, 6) is -0.543. The number of aromatic hydroxyl groups is 2. The maximum atomic E-state index is 13.0. The first-order chi connectivity index (χ1) is 12.4. The van der Waals surface area contributed by atoms with Crippen molar-refractivity contribution in [1.29, 1.82) is 5.26 Å². The van der Waals surface area contributed by atoms with Gasteiger partial charge in [0.2, 0.25) is 0 Å². The minimum Gasteiger partial charge on any atom is -0.504 e. The van der Waals surface area contributed by atoms with Crippen molar-refractivity contribution >= 4 is 26.5 Å². The van der Waals surface area contributed by atoms with Crippen LogP contribution in [0, 0.1) is 25.2 Å². The number of nitrogens with zero attached hydrogens (tertiary/aromatic N) is 3. The molecular formula is C19H13N3O3S. The van der Waals surface area contributed by atoms with Gasteiger partial charge < -0.3 is 10.2 Å². The zero-order chi connectivity index (χ0) is 18.6. The van der Waals surface area contributed by atoms with E-state index in [4.69, 9.17) is 0 Å². The summed E-state index contributed by atoms with van der Waals surface area (Å²) in [5, 5.41) is 29.4. The lowest BCUT2D eigenvalue weighted by Crippen LogP contribution is -2.18. The van der Waals surface area contributed by atoms with E-state index in [9.17, 15) is 20.3 Å². The Morgan fingerprint density at radius 1 is 1.19 bits per heavy atom. The van der Waals surface area contributed by atoms with E-state index in [1.807, 2.05) is 37.3 Å². The second kappa shape index (κ2) is 5.58. The van der Waals surface area contributed by atoms with Gasteiger partial charge in [-0.25, -0.2) is 9.38 Å². The molecule has 0 bridgehead atoms. The van der Waals surface area contributed by atoms with Crippen LogP contribution >= 0.6 is 11.3 Å². The van der Waals surface area contributed by atoms with E-state index in [1.165, 1.54) is 21.8 Å². The van der Waals surface area contributed by atoms with Gasteiger partial charge in [0, 0.05) is 17.2 Å². The second-order valence-electron chi connectivity index (χ2n) is 6.05. The van der Waals surface area contributed by atoms with Gasteiger partial charge in [0.25, 0.3) is 5.56 Å². The molecule has 0 fully saturated rings. The van der Waals surface area contributed by atoms with Crippen LogP contribution in [-0.2, 0) is 0 Å². The summed E-state index contributed by atoms with van der Waals surface area (Å²) in [4.78, 5) is 17.9. The van der Waals surface area contributed by atoms with E-state index < -0.39 is 5.56 Å². The Labute approximate surface area is 151 Å². The lowest BCUT2D eigenvalue weighted by Gasteiger charge is -2.06. The summed E-state index contributed by atoms with van der Waals surface area (Å²) in [6.45, 7) is 3.56. The smallest absolute Gasteiger partial charge is 0.277 e. The number of aryl methyl sites for hydroxylation is 2. The monoisotopic (exact) mass is 363 g/mol. The van der Waals surface area contributed by atoms with Crippen LogP contribution in [0.2, 0.25) is 0 Å². The first-order valence-electron chi connectivity index (χ1n) is 7.80. The van der Waals surface area contributed by atoms with E-state index in [0.29, 0.717) is 32.0 Å². The van der Waals surface area contributed by atoms with Crippen molar-refractivity contribution in [2.45, 2.75) is 13.8 Å². The van der Waals surface area contributed by atoms with Crippen molar-refractivity contribution < 1.29 is 10.2 Å². The van der Waals surface area contributed by atoms with Crippen LogP contribution in [0.5, 0.6) is 11.5 Å². The van der Waals surface area contributed by atoms with Crippen molar-refractivity contribution in [3.05, 3.63) is 57.4 Å². The number of nitriles is 1. The first kappa shape index (κ1) is 16.1. The van der Waals surface area contributed by atoms with Crippen LogP contribution in [0.15, 0.2) is 35.1 Å². The molecule has 26 heavy (non-hydrogen) atoms. The number of hydrogen-bond acceptors (Lipinski definition) is 6. The van der Waals surface area contributed by atoms with Gasteiger partial charge in [0.15, 0.2) is 16.5 Å². The van der Waals surface area contributed by atoms with Gasteiger partial charge in [-0.2, -0.15) is 5.26 Å². The molecule has 0 amide bonds. The van der Waals surface area contributed by atoms with Crippen molar-refractivity contribution in [2.75, 3.05) is 0 Å². The summed E-state index contributed by atoms with van der Waals surface area (Å²) >= 11 is 1.22. The molecule has 2 aromatic carbocycles. The van der Waals surface area contributed by atoms with Gasteiger partial charge in [-0.3, -0.25) is 4.79 Å². The number of phenols is 2. The second-order valence-corrected chi connectivity index (χ2v) is 7.06. The third kappa shape index (κ3) is 2.16. The molecule has 7 heteroatoms. The summed E-state index contributed by atoms with van der Waals surface area (Å²) < 4.78 is 1.93. The molecule has 2 N–H and O–H groups in total. The van der Waals surface area contributed by atoms with Crippen LogP contribution in [0.25, 0.3) is 26.4 Å². The highest BCUT2D eigenvalue weighted by Crippen LogP contribution is 2.38. The third-order valence-corrected chi connectivity index (χ3v) is 5.36. The van der Waals surface area contributed by atoms with Gasteiger partial charge in [-0.05, 0) is 13.8 Å². The van der Waals surface area contributed by atoms with Gasteiger partial charge in [0.1, 0.15) is 11.6 Å². The van der Waals surface area contributed by atoms with Gasteiger partial charge in [-0.15, -0.1) is 0 Å². The molecule has 0 saturated heterocycles. The molecule has 2 heterocycles. The molecule has 4 aromatic rings. The standard InChI is InChI=1S/C19H13N3O3S/c1-9-3-5-11(6-4-9)15-12(8-20)18(25)22-16-10(2)17(24)13(23)7-14(16)26-19(22)21-15/h3-7,23-24H,1-2H3. The molecule has 128 valence electrons. The summed E-state index contributed by atoms with van der Waals surface area (Å²) in [6, 6.07) is 10.8. The Bertz CT molecular complexity index is 1290. The molecule has 2 aromatic heterocycles. The first-order valence-corrected chi connectivity index (χ1v) is 8.62. The van der Waals surface area contributed by atoms with Crippen LogP contribution in [0.1, 0.15) is 16.7 Å². The maximum Gasteiger partial charge on any atom is 0.277 e. The van der Waals surface area contributed by atoms with Crippen LogP contribution < -0.4 is 5.56 Å². The molecule has 0 unspecified atom stereocenters. The van der Waals surface area contributed by atoms with E-state index in [-0.39, 0.29) is 17.1 Å². The Hall–Kier alpha value is -3.37. The van der Waals surface area contributed by atoms with Crippen molar-refractivity contribution in [3.63, 3.8) is 0 Å². The average Bonchev–Trinajstić information content (AvgIpc) is 2.99. The highest BCUT2D eigenvalue weighted by Gasteiger charge is 2.20. The van der Waals surface area contributed by atoms with Gasteiger partial charge in [-0.1, -0.05) is 41.2 Å². The molecule has 0 aliphatic rings. The summed E-state index contributed by atoms with van der Waals surface area (Å²) in [6.07, 6.45) is 0. The quantitative estimate of drug-likeness (QED) is 0.505. The Kier molecular flexibility index (Phi) is 3.46. The molecule has 6 nitrogen and oxygen atoms in total. The van der Waals surface area contributed by atoms with E-state index in [2.05, 4.69) is 4.98 Å². The molecule has 0 atom stereocenters. The fraction of sp³-hybridized carbons (Fsp3) is 0.105. The molecule has 0 saturated carbocycles. The van der Waals surface area contributed by atoms with Gasteiger partial charge in [0.05, 0.1) is 15.9 Å². The number of fused-ring (bicyclic) bond motifs is 3. The van der Waals surface area contributed by atoms with Crippen molar-refractivity contribution in [3.8, 4) is 28.8 Å². The lowest BCUT2D eigenvalue weighted by atomic mass is 10.1. The normalized spacial score (nSPS) is 11.1. The van der Waals surface area contributed by atoms with Crippen LogP contribution in [0.4, 0.5) is 0 Å². The predicted molar refractivity (Wildman–Crippen MR) is 99.8 cm³/mol. The Balaban J connectivity index is 2.17. The molecule has 0 radical (unpaired) electrons. The fourth-order valence-corrected chi connectivity index (χ4v) is 4.10. The Morgan fingerprint density at radius 2 is 1.88 bits per heavy atom. The zero-order valence-electron chi connectivity index (χ0n) is 13.9. The average molecular weight is 363 g/mol. The number of aromatic nitrogens is 2. The largest absolute Gasteiger partial charge is 0.504 e. The molecule has 4 rings (SSSR count). The van der Waals surface area contributed by atoms with Crippen LogP contribution in [0.3, 0.4) is 0 Å². The number of phenolic OH excluding ortho intramolecular Hbond substituents is 2. The van der Waals surface area contributed by atoms with E-state index in [0.717, 1.165) is 5.56 Å². The topological polar surface area (TPSA) is 98.6 Å². The number of benzene rings is 2. The van der Waals surface area contributed by atoms with Crippen LogP contribution in [-0.4, -0.2) is 19.6 Å². The highest BCUT2D eigenvalue weighted by atomic mass is 32.1. The lowest BCUT2D eigenvalue weighted by molar-refractivity contribution is 0.402. The summed E-state index contributed by atoms with van der Waals surface area (Å²) in [5.41, 5.74) is 2.34. The fourth-order valence-electron chi connectivity index (χ4n) is 2.99. The summed E-state index contributed by atoms with van der Waals surface area (Å²) in [7, 11) is 0. The number of rotatable bonds is 1. The molecule has 0 spiro atoms. The van der Waals surface area contributed by atoms with E-state index >= 15 is 0 Å².